The number of benzene rings is 1. The van der Waals surface area contributed by atoms with Gasteiger partial charge >= 0.3 is 6.61 Å². The Balaban J connectivity index is 1.67. The molecule has 1 aromatic heterocycles. The maximum atomic E-state index is 12.4. The first-order valence-corrected chi connectivity index (χ1v) is 8.31. The monoisotopic (exact) mass is 350 g/mol. The third-order valence-electron chi connectivity index (χ3n) is 4.58. The van der Waals surface area contributed by atoms with Crippen LogP contribution in [-0.2, 0) is 0 Å². The molecule has 1 heterocycles. The van der Waals surface area contributed by atoms with Crippen molar-refractivity contribution in [2.24, 2.45) is 5.92 Å². The minimum Gasteiger partial charge on any atom is -0.435 e. The van der Waals surface area contributed by atoms with E-state index < -0.39 is 6.61 Å². The van der Waals surface area contributed by atoms with Crippen molar-refractivity contribution in [3.05, 3.63) is 36.0 Å². The summed E-state index contributed by atoms with van der Waals surface area (Å²) in [5, 5.41) is 12.8. The summed E-state index contributed by atoms with van der Waals surface area (Å²) in [6, 6.07) is 6.23. The molecule has 1 aromatic carbocycles. The zero-order valence-electron chi connectivity index (χ0n) is 13.6. The highest BCUT2D eigenvalue weighted by Gasteiger charge is 2.22. The highest BCUT2D eigenvalue weighted by molar-refractivity contribution is 5.97. The van der Waals surface area contributed by atoms with Gasteiger partial charge in [0.1, 0.15) is 5.75 Å². The molecular weight excluding hydrogens is 330 g/mol. The molecule has 1 aliphatic rings. The number of fused-ring (bicyclic) bond motifs is 1. The summed E-state index contributed by atoms with van der Waals surface area (Å²) in [6.45, 7) is -2.68. The van der Waals surface area contributed by atoms with Crippen LogP contribution < -0.4 is 10.1 Å². The molecule has 0 unspecified atom stereocenters. The Morgan fingerprint density at radius 2 is 2.04 bits per heavy atom. The van der Waals surface area contributed by atoms with Crippen molar-refractivity contribution >= 4 is 16.8 Å². The Kier molecular flexibility index (Phi) is 5.43. The molecule has 0 radical (unpaired) electrons. The Morgan fingerprint density at radius 1 is 1.28 bits per heavy atom. The second-order valence-corrected chi connectivity index (χ2v) is 6.33. The van der Waals surface area contributed by atoms with Gasteiger partial charge in [0.05, 0.1) is 11.1 Å². The second-order valence-electron chi connectivity index (χ2n) is 6.33. The van der Waals surface area contributed by atoms with Crippen LogP contribution in [0.1, 0.15) is 36.0 Å². The summed E-state index contributed by atoms with van der Waals surface area (Å²) in [5.41, 5.74) is 0.914. The quantitative estimate of drug-likeness (QED) is 0.869. The fraction of sp³-hybridized carbons (Fsp3) is 0.444. The van der Waals surface area contributed by atoms with Gasteiger partial charge in [-0.05, 0) is 49.8 Å². The molecule has 3 rings (SSSR count). The number of hydrogen-bond acceptors (Lipinski definition) is 4. The average molecular weight is 350 g/mol. The van der Waals surface area contributed by atoms with Crippen molar-refractivity contribution in [1.82, 2.24) is 10.3 Å². The lowest BCUT2D eigenvalue weighted by Crippen LogP contribution is -2.38. The number of amides is 1. The van der Waals surface area contributed by atoms with Gasteiger partial charge in [-0.15, -0.1) is 0 Å². The van der Waals surface area contributed by atoms with Crippen LogP contribution in [0.2, 0.25) is 0 Å². The second kappa shape index (κ2) is 7.74. The molecule has 1 fully saturated rings. The first-order valence-electron chi connectivity index (χ1n) is 8.31. The Hall–Kier alpha value is -2.28. The van der Waals surface area contributed by atoms with Crippen LogP contribution in [0.4, 0.5) is 8.78 Å². The van der Waals surface area contributed by atoms with Crippen LogP contribution in [0.5, 0.6) is 5.75 Å². The van der Waals surface area contributed by atoms with E-state index in [1.807, 2.05) is 0 Å². The number of aromatic nitrogens is 1. The van der Waals surface area contributed by atoms with E-state index in [1.54, 1.807) is 12.1 Å². The van der Waals surface area contributed by atoms with Crippen LogP contribution >= 0.6 is 0 Å². The zero-order chi connectivity index (χ0) is 17.8. The van der Waals surface area contributed by atoms with Crippen molar-refractivity contribution in [2.75, 3.05) is 6.61 Å². The van der Waals surface area contributed by atoms with E-state index in [0.29, 0.717) is 22.4 Å². The molecule has 134 valence electrons. The lowest BCUT2D eigenvalue weighted by molar-refractivity contribution is -0.0497. The van der Waals surface area contributed by atoms with Crippen LogP contribution in [0, 0.1) is 5.92 Å². The van der Waals surface area contributed by atoms with E-state index in [2.05, 4.69) is 15.0 Å². The van der Waals surface area contributed by atoms with Gasteiger partial charge in [-0.25, -0.2) is 0 Å². The molecule has 0 bridgehead atoms. The van der Waals surface area contributed by atoms with E-state index in [1.165, 1.54) is 18.3 Å². The lowest BCUT2D eigenvalue weighted by atomic mass is 9.86. The number of carbonyl (C=O) groups excluding carboxylic acids is 1. The highest BCUT2D eigenvalue weighted by Crippen LogP contribution is 2.25. The predicted octanol–water partition coefficient (Wildman–Crippen LogP) is 3.12. The maximum absolute atomic E-state index is 12.4. The van der Waals surface area contributed by atoms with Crippen molar-refractivity contribution in [3.8, 4) is 5.75 Å². The van der Waals surface area contributed by atoms with Gasteiger partial charge in [-0.1, -0.05) is 0 Å². The molecule has 0 atom stereocenters. The summed E-state index contributed by atoms with van der Waals surface area (Å²) in [7, 11) is 0. The highest BCUT2D eigenvalue weighted by atomic mass is 19.3. The molecule has 1 saturated carbocycles. The fourth-order valence-corrected chi connectivity index (χ4v) is 3.16. The molecule has 5 nitrogen and oxygen atoms in total. The molecule has 1 aliphatic carbocycles. The maximum Gasteiger partial charge on any atom is 0.387 e. The zero-order valence-corrected chi connectivity index (χ0v) is 13.6. The Labute approximate surface area is 144 Å². The standard InChI is InChI=1S/C18H20F2N2O3/c19-18(20)25-15-6-3-12-7-13(9-21-16(12)8-15)17(24)22-14-4-1-11(10-23)2-5-14/h3,6-9,11,14,18,23H,1-2,4-5,10H2,(H,22,24). The lowest BCUT2D eigenvalue weighted by Gasteiger charge is -2.27. The number of carbonyl (C=O) groups is 1. The number of aliphatic hydroxyl groups excluding tert-OH is 1. The first-order chi connectivity index (χ1) is 12.0. The van der Waals surface area contributed by atoms with Gasteiger partial charge in [0.15, 0.2) is 0 Å². The van der Waals surface area contributed by atoms with E-state index >= 15 is 0 Å². The molecule has 25 heavy (non-hydrogen) atoms. The number of alkyl halides is 2. The Morgan fingerprint density at radius 3 is 2.72 bits per heavy atom. The smallest absolute Gasteiger partial charge is 0.387 e. The average Bonchev–Trinajstić information content (AvgIpc) is 2.61. The van der Waals surface area contributed by atoms with Gasteiger partial charge < -0.3 is 15.2 Å². The van der Waals surface area contributed by atoms with Crippen molar-refractivity contribution < 1.29 is 23.4 Å². The number of hydrogen-bond donors (Lipinski definition) is 2. The van der Waals surface area contributed by atoms with Crippen LogP contribution in [0.15, 0.2) is 30.5 Å². The fourth-order valence-electron chi connectivity index (χ4n) is 3.16. The largest absolute Gasteiger partial charge is 0.435 e. The van der Waals surface area contributed by atoms with E-state index in [0.717, 1.165) is 25.7 Å². The SMILES string of the molecule is O=C(NC1CCC(CO)CC1)c1cnc2cc(OC(F)F)ccc2c1. The third-order valence-corrected chi connectivity index (χ3v) is 4.58. The van der Waals surface area contributed by atoms with E-state index in [9.17, 15) is 13.6 Å². The minimum absolute atomic E-state index is 0.0350. The van der Waals surface area contributed by atoms with Gasteiger partial charge in [-0.3, -0.25) is 9.78 Å². The minimum atomic E-state index is -2.89. The topological polar surface area (TPSA) is 71.5 Å². The summed E-state index contributed by atoms with van der Waals surface area (Å²) in [4.78, 5) is 16.6. The summed E-state index contributed by atoms with van der Waals surface area (Å²) >= 11 is 0. The molecule has 0 saturated heterocycles. The number of aliphatic hydroxyl groups is 1. The molecular formula is C18H20F2N2O3. The number of rotatable bonds is 5. The van der Waals surface area contributed by atoms with Crippen molar-refractivity contribution in [3.63, 3.8) is 0 Å². The number of nitrogens with one attached hydrogen (secondary N) is 1. The predicted molar refractivity (Wildman–Crippen MR) is 88.7 cm³/mol. The van der Waals surface area contributed by atoms with Crippen LogP contribution in [0.25, 0.3) is 10.9 Å². The normalized spacial score (nSPS) is 20.6. The summed E-state index contributed by atoms with van der Waals surface area (Å²) in [6.07, 6.45) is 4.95. The molecule has 2 N–H and O–H groups in total. The molecule has 1 amide bonds. The Bertz CT molecular complexity index is 746. The number of halogens is 2. The third kappa shape index (κ3) is 4.42. The van der Waals surface area contributed by atoms with Gasteiger partial charge in [0, 0.05) is 30.3 Å². The molecule has 0 aliphatic heterocycles. The van der Waals surface area contributed by atoms with E-state index in [4.69, 9.17) is 5.11 Å². The number of nitrogens with zero attached hydrogens (tertiary/aromatic N) is 1. The number of pyridine rings is 1. The number of ether oxygens (including phenoxy) is 1. The van der Waals surface area contributed by atoms with Gasteiger partial charge in [-0.2, -0.15) is 8.78 Å². The van der Waals surface area contributed by atoms with Crippen LogP contribution in [0.3, 0.4) is 0 Å². The first kappa shape index (κ1) is 17.5. The van der Waals surface area contributed by atoms with Crippen molar-refractivity contribution in [1.29, 1.82) is 0 Å². The summed E-state index contributed by atoms with van der Waals surface area (Å²) < 4.78 is 28.8. The van der Waals surface area contributed by atoms with Crippen LogP contribution in [-0.4, -0.2) is 35.3 Å². The molecule has 0 spiro atoms. The van der Waals surface area contributed by atoms with Gasteiger partial charge in [0.2, 0.25) is 0 Å². The van der Waals surface area contributed by atoms with Gasteiger partial charge in [0.25, 0.3) is 5.91 Å². The summed E-state index contributed by atoms with van der Waals surface area (Å²) in [5.74, 6) is 0.169. The molecule has 2 aromatic rings. The van der Waals surface area contributed by atoms with E-state index in [-0.39, 0.29) is 24.3 Å². The van der Waals surface area contributed by atoms with Crippen molar-refractivity contribution in [2.45, 2.75) is 38.3 Å². The molecule has 7 heteroatoms.